The third kappa shape index (κ3) is 2.58. The van der Waals surface area contributed by atoms with Crippen molar-refractivity contribution in [1.82, 2.24) is 0 Å². The van der Waals surface area contributed by atoms with Crippen LogP contribution in [0.3, 0.4) is 0 Å². The highest BCUT2D eigenvalue weighted by Gasteiger charge is 2.39. The number of nitrogens with one attached hydrogen (secondary N) is 1. The number of nitro groups is 1. The van der Waals surface area contributed by atoms with Crippen LogP contribution in [0.5, 0.6) is 0 Å². The second-order valence-corrected chi connectivity index (χ2v) is 7.77. The lowest BCUT2D eigenvalue weighted by atomic mass is 9.75. The summed E-state index contributed by atoms with van der Waals surface area (Å²) in [5.74, 6) is 0.814. The first kappa shape index (κ1) is 16.3. The van der Waals surface area contributed by atoms with Crippen LogP contribution < -0.4 is 5.32 Å². The van der Waals surface area contributed by atoms with Gasteiger partial charge in [0, 0.05) is 22.5 Å². The van der Waals surface area contributed by atoms with E-state index in [9.17, 15) is 10.1 Å². The van der Waals surface area contributed by atoms with Crippen LogP contribution in [0.1, 0.15) is 40.6 Å². The van der Waals surface area contributed by atoms with Gasteiger partial charge in [-0.2, -0.15) is 0 Å². The monoisotopic (exact) mass is 398 g/mol. The smallest absolute Gasteiger partial charge is 0.269 e. The number of hydrogen-bond donors (Lipinski definition) is 1. The Balaban J connectivity index is 1.80. The molecule has 4 nitrogen and oxygen atoms in total. The summed E-state index contributed by atoms with van der Waals surface area (Å²) in [7, 11) is 0. The van der Waals surface area contributed by atoms with E-state index < -0.39 is 0 Å². The lowest BCUT2D eigenvalue weighted by Gasteiger charge is -2.39. The third-order valence-electron chi connectivity index (χ3n) is 5.58. The molecule has 1 N–H and O–H groups in total. The zero-order valence-corrected chi connectivity index (χ0v) is 15.7. The molecule has 25 heavy (non-hydrogen) atoms. The topological polar surface area (TPSA) is 55.2 Å². The van der Waals surface area contributed by atoms with Crippen molar-refractivity contribution in [2.24, 2.45) is 5.92 Å². The molecule has 0 spiro atoms. The molecule has 128 valence electrons. The first-order valence-electron chi connectivity index (χ1n) is 8.44. The molecule has 0 unspecified atom stereocenters. The molecule has 2 aliphatic rings. The molecule has 1 aliphatic heterocycles. The van der Waals surface area contributed by atoms with Crippen molar-refractivity contribution in [1.29, 1.82) is 0 Å². The molecule has 1 aliphatic carbocycles. The van der Waals surface area contributed by atoms with Gasteiger partial charge in [-0.25, -0.2) is 0 Å². The molecule has 0 aromatic heterocycles. The van der Waals surface area contributed by atoms with E-state index in [1.54, 1.807) is 12.1 Å². The van der Waals surface area contributed by atoms with E-state index in [-0.39, 0.29) is 16.7 Å². The average molecular weight is 399 g/mol. The normalized spacial score (nSPS) is 23.7. The Morgan fingerprint density at radius 1 is 1.24 bits per heavy atom. The Morgan fingerprint density at radius 3 is 2.64 bits per heavy atom. The van der Waals surface area contributed by atoms with Gasteiger partial charge in [0.2, 0.25) is 0 Å². The van der Waals surface area contributed by atoms with Gasteiger partial charge in [-0.05, 0) is 70.4 Å². The number of fused-ring (bicyclic) bond motifs is 3. The molecular formula is C20H19BrN2O2. The number of halogens is 1. The van der Waals surface area contributed by atoms with E-state index in [4.69, 9.17) is 0 Å². The second kappa shape index (κ2) is 5.99. The fraction of sp³-hybridized carbons (Fsp3) is 0.300. The van der Waals surface area contributed by atoms with Crippen molar-refractivity contribution in [2.75, 3.05) is 5.32 Å². The molecule has 2 aromatic rings. The minimum absolute atomic E-state index is 0.133. The van der Waals surface area contributed by atoms with Gasteiger partial charge < -0.3 is 5.32 Å². The Morgan fingerprint density at radius 2 is 1.96 bits per heavy atom. The molecule has 0 radical (unpaired) electrons. The first-order chi connectivity index (χ1) is 12.0. The largest absolute Gasteiger partial charge is 0.377 e. The predicted octanol–water partition coefficient (Wildman–Crippen LogP) is 5.80. The number of non-ortho nitro benzene ring substituents is 1. The minimum Gasteiger partial charge on any atom is -0.377 e. The molecule has 0 amide bonds. The summed E-state index contributed by atoms with van der Waals surface area (Å²) >= 11 is 3.72. The zero-order chi connectivity index (χ0) is 17.7. The van der Waals surface area contributed by atoms with Gasteiger partial charge >= 0.3 is 0 Å². The van der Waals surface area contributed by atoms with Crippen LogP contribution in [0, 0.1) is 29.9 Å². The van der Waals surface area contributed by atoms with Crippen molar-refractivity contribution in [3.05, 3.63) is 79.3 Å². The Kier molecular flexibility index (Phi) is 3.91. The Hall–Kier alpha value is -2.14. The van der Waals surface area contributed by atoms with Crippen molar-refractivity contribution in [2.45, 2.75) is 32.2 Å². The molecule has 0 bridgehead atoms. The number of rotatable bonds is 2. The van der Waals surface area contributed by atoms with Gasteiger partial charge in [-0.1, -0.05) is 24.3 Å². The highest BCUT2D eigenvalue weighted by molar-refractivity contribution is 9.10. The van der Waals surface area contributed by atoms with Crippen molar-refractivity contribution >= 4 is 27.3 Å². The molecule has 0 saturated heterocycles. The lowest BCUT2D eigenvalue weighted by Crippen LogP contribution is -2.30. The van der Waals surface area contributed by atoms with Crippen LogP contribution in [-0.2, 0) is 0 Å². The quantitative estimate of drug-likeness (QED) is 0.395. The van der Waals surface area contributed by atoms with E-state index >= 15 is 0 Å². The van der Waals surface area contributed by atoms with E-state index in [0.29, 0.717) is 11.8 Å². The number of allylic oxidation sites excluding steroid dienone is 2. The number of nitro benzene ring substituents is 1. The van der Waals surface area contributed by atoms with Crippen molar-refractivity contribution in [3.63, 3.8) is 0 Å². The van der Waals surface area contributed by atoms with Crippen LogP contribution in [0.2, 0.25) is 0 Å². The molecule has 0 saturated carbocycles. The Bertz CT molecular complexity index is 890. The van der Waals surface area contributed by atoms with Crippen LogP contribution in [0.15, 0.2) is 47.0 Å². The van der Waals surface area contributed by atoms with Gasteiger partial charge in [-0.15, -0.1) is 0 Å². The average Bonchev–Trinajstić information content (AvgIpc) is 3.08. The summed E-state index contributed by atoms with van der Waals surface area (Å²) < 4.78 is 1.08. The number of benzene rings is 2. The first-order valence-corrected chi connectivity index (χ1v) is 9.24. The second-order valence-electron chi connectivity index (χ2n) is 6.91. The van der Waals surface area contributed by atoms with Crippen LogP contribution in [0.4, 0.5) is 11.4 Å². The predicted molar refractivity (Wildman–Crippen MR) is 103 cm³/mol. The van der Waals surface area contributed by atoms with Gasteiger partial charge in [0.15, 0.2) is 0 Å². The molecule has 1 heterocycles. The number of hydrogen-bond acceptors (Lipinski definition) is 3. The van der Waals surface area contributed by atoms with E-state index in [1.807, 2.05) is 12.1 Å². The minimum atomic E-state index is -0.351. The lowest BCUT2D eigenvalue weighted by molar-refractivity contribution is -0.384. The van der Waals surface area contributed by atoms with Crippen LogP contribution in [-0.4, -0.2) is 4.92 Å². The number of anilines is 1. The van der Waals surface area contributed by atoms with Gasteiger partial charge in [0.05, 0.1) is 16.7 Å². The fourth-order valence-corrected chi connectivity index (χ4v) is 4.86. The van der Waals surface area contributed by atoms with E-state index in [0.717, 1.165) is 22.1 Å². The van der Waals surface area contributed by atoms with Crippen LogP contribution >= 0.6 is 15.9 Å². The Labute approximate surface area is 155 Å². The molecule has 5 heteroatoms. The third-order valence-corrected chi connectivity index (χ3v) is 6.21. The van der Waals surface area contributed by atoms with Crippen molar-refractivity contribution in [3.8, 4) is 0 Å². The summed E-state index contributed by atoms with van der Waals surface area (Å²) in [6.07, 6.45) is 5.60. The highest BCUT2D eigenvalue weighted by Crippen LogP contribution is 2.53. The van der Waals surface area contributed by atoms with Crippen molar-refractivity contribution < 1.29 is 4.92 Å². The number of nitrogens with zero attached hydrogens (tertiary/aromatic N) is 1. The maximum Gasteiger partial charge on any atom is 0.269 e. The van der Waals surface area contributed by atoms with E-state index in [2.05, 4.69) is 53.3 Å². The maximum atomic E-state index is 10.9. The summed E-state index contributed by atoms with van der Waals surface area (Å²) in [4.78, 5) is 10.6. The molecule has 0 fully saturated rings. The summed E-state index contributed by atoms with van der Waals surface area (Å²) in [5, 5.41) is 14.6. The molecule has 4 rings (SSSR count). The van der Waals surface area contributed by atoms with Crippen LogP contribution in [0.25, 0.3) is 0 Å². The molecule has 3 atom stereocenters. The van der Waals surface area contributed by atoms with E-state index in [1.165, 1.54) is 16.7 Å². The number of aryl methyl sites for hydroxylation is 1. The standard InChI is InChI=1S/C20H19BrN2O2/c1-11-10-17(21)20-18(12(11)2)15-4-3-5-16(15)19(22-20)13-6-8-14(9-7-13)23(24)25/h3-4,6-10,15-16,19,22H,5H2,1-2H3/t15-,16-,19+/m1/s1. The van der Waals surface area contributed by atoms with Gasteiger partial charge in [0.25, 0.3) is 5.69 Å². The fourth-order valence-electron chi connectivity index (χ4n) is 4.18. The molecule has 2 aromatic carbocycles. The summed E-state index contributed by atoms with van der Waals surface area (Å²) in [6, 6.07) is 9.26. The summed E-state index contributed by atoms with van der Waals surface area (Å²) in [5.41, 5.74) is 6.39. The molecular weight excluding hydrogens is 380 g/mol. The maximum absolute atomic E-state index is 10.9. The van der Waals surface area contributed by atoms with Gasteiger partial charge in [0.1, 0.15) is 0 Å². The van der Waals surface area contributed by atoms with Gasteiger partial charge in [-0.3, -0.25) is 10.1 Å². The highest BCUT2D eigenvalue weighted by atomic mass is 79.9. The summed E-state index contributed by atoms with van der Waals surface area (Å²) in [6.45, 7) is 4.34. The SMILES string of the molecule is Cc1cc(Br)c2c(c1C)[C@@H]1C=CC[C@H]1[C@H](c1ccc([N+](=O)[O-])cc1)N2. The zero-order valence-electron chi connectivity index (χ0n) is 14.1.